The summed E-state index contributed by atoms with van der Waals surface area (Å²) in [5, 5.41) is 10.8. The van der Waals surface area contributed by atoms with Gasteiger partial charge in [-0.05, 0) is 63.1 Å². The minimum atomic E-state index is 0.160. The van der Waals surface area contributed by atoms with Crippen molar-refractivity contribution in [2.24, 2.45) is 5.41 Å². The highest BCUT2D eigenvalue weighted by Gasteiger charge is 2.46. The van der Waals surface area contributed by atoms with Gasteiger partial charge in [-0.1, -0.05) is 13.8 Å². The summed E-state index contributed by atoms with van der Waals surface area (Å²) in [5.74, 6) is 0.634. The van der Waals surface area contributed by atoms with Crippen LogP contribution in [0.2, 0.25) is 0 Å². The number of rotatable bonds is 6. The van der Waals surface area contributed by atoms with Crippen LogP contribution in [-0.2, 0) is 11.3 Å². The van der Waals surface area contributed by atoms with Gasteiger partial charge in [-0.15, -0.1) is 0 Å². The second-order valence-corrected chi connectivity index (χ2v) is 8.73. The van der Waals surface area contributed by atoms with E-state index >= 15 is 0 Å². The third-order valence-electron chi connectivity index (χ3n) is 5.83. The summed E-state index contributed by atoms with van der Waals surface area (Å²) in [4.78, 5) is 2.35. The Labute approximate surface area is 146 Å². The Morgan fingerprint density at radius 2 is 2.12 bits per heavy atom. The highest BCUT2D eigenvalue weighted by molar-refractivity contribution is 5.22. The highest BCUT2D eigenvalue weighted by atomic mass is 16.5. The van der Waals surface area contributed by atoms with Crippen molar-refractivity contribution in [3.63, 3.8) is 0 Å². The van der Waals surface area contributed by atoms with Gasteiger partial charge < -0.3 is 10.1 Å². The van der Waals surface area contributed by atoms with Crippen LogP contribution >= 0.6 is 0 Å². The smallest absolute Gasteiger partial charge is 0.0689 e. The number of ether oxygens (including phenoxy) is 1. The number of nitrogens with zero attached hydrogens (tertiary/aromatic N) is 2. The van der Waals surface area contributed by atoms with Crippen molar-refractivity contribution in [2.45, 2.75) is 64.0 Å². The van der Waals surface area contributed by atoms with E-state index in [1.165, 1.54) is 43.4 Å². The summed E-state index contributed by atoms with van der Waals surface area (Å²) in [6.45, 7) is 8.60. The number of hydrogen-bond donors (Lipinski definition) is 2. The van der Waals surface area contributed by atoms with E-state index in [9.17, 15) is 0 Å². The summed E-state index contributed by atoms with van der Waals surface area (Å²) < 4.78 is 6.26. The lowest BCUT2D eigenvalue weighted by Crippen LogP contribution is -2.33. The first-order valence-electron chi connectivity index (χ1n) is 9.42. The summed E-state index contributed by atoms with van der Waals surface area (Å²) in [7, 11) is 4.17. The second-order valence-electron chi connectivity index (χ2n) is 8.73. The fraction of sp³-hybridized carbons (Fsp3) is 0.842. The van der Waals surface area contributed by atoms with E-state index in [0.717, 1.165) is 26.2 Å². The van der Waals surface area contributed by atoms with Gasteiger partial charge >= 0.3 is 0 Å². The molecule has 5 heteroatoms. The monoisotopic (exact) mass is 334 g/mol. The molecule has 5 nitrogen and oxygen atoms in total. The van der Waals surface area contributed by atoms with Crippen LogP contribution in [0.25, 0.3) is 0 Å². The van der Waals surface area contributed by atoms with Crippen molar-refractivity contribution in [1.82, 2.24) is 20.4 Å². The zero-order valence-corrected chi connectivity index (χ0v) is 15.8. The molecule has 2 aliphatic rings. The van der Waals surface area contributed by atoms with Gasteiger partial charge in [0, 0.05) is 19.6 Å². The molecule has 1 aliphatic carbocycles. The molecule has 2 fully saturated rings. The number of aromatic nitrogens is 2. The van der Waals surface area contributed by atoms with E-state index in [2.05, 4.69) is 47.5 Å². The molecule has 1 aliphatic heterocycles. The third-order valence-corrected chi connectivity index (χ3v) is 5.83. The molecule has 1 saturated carbocycles. The first-order chi connectivity index (χ1) is 11.4. The molecule has 0 atom stereocenters. The molecular weight excluding hydrogens is 300 g/mol. The Kier molecular flexibility index (Phi) is 5.33. The van der Waals surface area contributed by atoms with Crippen LogP contribution in [0.5, 0.6) is 0 Å². The molecule has 0 unspecified atom stereocenters. The first kappa shape index (κ1) is 17.9. The molecule has 136 valence electrons. The van der Waals surface area contributed by atoms with Gasteiger partial charge in [0.15, 0.2) is 0 Å². The Morgan fingerprint density at radius 3 is 2.75 bits per heavy atom. The van der Waals surface area contributed by atoms with Crippen molar-refractivity contribution in [2.75, 3.05) is 33.8 Å². The quantitative estimate of drug-likeness (QED) is 0.840. The molecule has 1 spiro atoms. The Morgan fingerprint density at radius 1 is 1.38 bits per heavy atom. The predicted molar refractivity (Wildman–Crippen MR) is 97.1 cm³/mol. The molecular formula is C19H34N4O. The fourth-order valence-electron chi connectivity index (χ4n) is 4.55. The summed E-state index contributed by atoms with van der Waals surface area (Å²) in [5.41, 5.74) is 3.23. The second kappa shape index (κ2) is 7.14. The van der Waals surface area contributed by atoms with E-state index in [-0.39, 0.29) is 5.60 Å². The van der Waals surface area contributed by atoms with Gasteiger partial charge in [0.05, 0.1) is 24.1 Å². The van der Waals surface area contributed by atoms with E-state index in [1.54, 1.807) is 0 Å². The molecule has 1 saturated heterocycles. The topological polar surface area (TPSA) is 53.2 Å². The van der Waals surface area contributed by atoms with Crippen molar-refractivity contribution < 1.29 is 4.74 Å². The maximum absolute atomic E-state index is 6.26. The molecule has 1 aromatic heterocycles. The molecule has 1 aromatic rings. The van der Waals surface area contributed by atoms with Crippen molar-refractivity contribution in [3.05, 3.63) is 17.5 Å². The minimum Gasteiger partial charge on any atom is -0.374 e. The standard InChI is InChI=1S/C19H34N4O/c1-18(2)13-19(24-14-18)7-5-15(6-8-19)16-11-21-22-17(16)12-23(4)10-9-20-3/h11,15,20H,5-10,12-14H2,1-4H3,(H,21,22). The Bertz CT molecular complexity index is 531. The van der Waals surface area contributed by atoms with Gasteiger partial charge in [0.1, 0.15) is 0 Å². The third kappa shape index (κ3) is 4.01. The van der Waals surface area contributed by atoms with E-state index in [1.807, 2.05) is 7.05 Å². The van der Waals surface area contributed by atoms with Crippen LogP contribution in [0.15, 0.2) is 6.20 Å². The molecule has 24 heavy (non-hydrogen) atoms. The fourth-order valence-corrected chi connectivity index (χ4v) is 4.55. The molecule has 2 N–H and O–H groups in total. The van der Waals surface area contributed by atoms with Crippen molar-refractivity contribution in [1.29, 1.82) is 0 Å². The van der Waals surface area contributed by atoms with Crippen LogP contribution in [0.4, 0.5) is 0 Å². The number of nitrogens with one attached hydrogen (secondary N) is 2. The van der Waals surface area contributed by atoms with Gasteiger partial charge in [0.2, 0.25) is 0 Å². The van der Waals surface area contributed by atoms with Crippen LogP contribution in [0.3, 0.4) is 0 Å². The lowest BCUT2D eigenvalue weighted by molar-refractivity contribution is -0.0294. The van der Waals surface area contributed by atoms with E-state index in [4.69, 9.17) is 4.74 Å². The summed E-state index contributed by atoms with van der Waals surface area (Å²) in [6, 6.07) is 0. The van der Waals surface area contributed by atoms with Gasteiger partial charge in [-0.25, -0.2) is 0 Å². The average molecular weight is 335 g/mol. The number of hydrogen-bond acceptors (Lipinski definition) is 4. The molecule has 2 heterocycles. The highest BCUT2D eigenvalue weighted by Crippen LogP contribution is 2.50. The lowest BCUT2D eigenvalue weighted by Gasteiger charge is -2.37. The van der Waals surface area contributed by atoms with Gasteiger partial charge in [-0.2, -0.15) is 5.10 Å². The van der Waals surface area contributed by atoms with E-state index < -0.39 is 0 Å². The summed E-state index contributed by atoms with van der Waals surface area (Å²) >= 11 is 0. The van der Waals surface area contributed by atoms with Crippen LogP contribution < -0.4 is 5.32 Å². The van der Waals surface area contributed by atoms with Gasteiger partial charge in [-0.3, -0.25) is 10.00 Å². The van der Waals surface area contributed by atoms with E-state index in [0.29, 0.717) is 11.3 Å². The SMILES string of the molecule is CNCCN(C)Cc1[nH]ncc1C1CCC2(CC1)CC(C)(C)CO2. The molecule has 0 radical (unpaired) electrons. The maximum Gasteiger partial charge on any atom is 0.0689 e. The minimum absolute atomic E-state index is 0.160. The van der Waals surface area contributed by atoms with Crippen molar-refractivity contribution >= 4 is 0 Å². The number of aromatic amines is 1. The lowest BCUT2D eigenvalue weighted by atomic mass is 9.72. The normalized spacial score (nSPS) is 29.6. The van der Waals surface area contributed by atoms with Crippen LogP contribution in [-0.4, -0.2) is 54.5 Å². The largest absolute Gasteiger partial charge is 0.374 e. The number of likely N-dealkylation sites (N-methyl/N-ethyl adjacent to an activating group) is 2. The molecule has 0 aromatic carbocycles. The molecule has 3 rings (SSSR count). The summed E-state index contributed by atoms with van der Waals surface area (Å²) in [6.07, 6.45) is 8.12. The number of H-pyrrole nitrogens is 1. The molecule has 0 bridgehead atoms. The average Bonchev–Trinajstić information content (AvgIpc) is 3.11. The van der Waals surface area contributed by atoms with Crippen LogP contribution in [0.1, 0.15) is 63.1 Å². The van der Waals surface area contributed by atoms with Crippen molar-refractivity contribution in [3.8, 4) is 0 Å². The molecule has 0 amide bonds. The maximum atomic E-state index is 6.26. The van der Waals surface area contributed by atoms with Gasteiger partial charge in [0.25, 0.3) is 0 Å². The zero-order valence-electron chi connectivity index (χ0n) is 15.8. The Hall–Kier alpha value is -0.910. The predicted octanol–water partition coefficient (Wildman–Crippen LogP) is 2.90. The zero-order chi connectivity index (χ0) is 17.2. The first-order valence-corrected chi connectivity index (χ1v) is 9.42. The Balaban J connectivity index is 1.58. The van der Waals surface area contributed by atoms with Crippen LogP contribution in [0, 0.1) is 5.41 Å².